The topological polar surface area (TPSA) is 6.48 Å². The van der Waals surface area contributed by atoms with E-state index in [1.807, 2.05) is 0 Å². The van der Waals surface area contributed by atoms with E-state index in [9.17, 15) is 0 Å². The van der Waals surface area contributed by atoms with Gasteiger partial charge in [-0.05, 0) is 64.2 Å². The van der Waals surface area contributed by atoms with Crippen LogP contribution in [0.1, 0.15) is 26.2 Å². The van der Waals surface area contributed by atoms with Gasteiger partial charge in [0.25, 0.3) is 0 Å². The van der Waals surface area contributed by atoms with Crippen molar-refractivity contribution in [3.63, 3.8) is 0 Å². The molecule has 1 saturated carbocycles. The van der Waals surface area contributed by atoms with Crippen LogP contribution in [0.25, 0.3) is 0 Å². The molecule has 2 nitrogen and oxygen atoms in total. The minimum atomic E-state index is 0.581. The van der Waals surface area contributed by atoms with Crippen molar-refractivity contribution in [1.29, 1.82) is 0 Å². The number of thiol groups is 1. The van der Waals surface area contributed by atoms with Crippen LogP contribution in [0.4, 0.5) is 0 Å². The summed E-state index contributed by atoms with van der Waals surface area (Å²) in [5.74, 6) is 1.07. The Balaban J connectivity index is 2.18. The van der Waals surface area contributed by atoms with E-state index < -0.39 is 0 Å². The zero-order valence-corrected chi connectivity index (χ0v) is 11.4. The first-order chi connectivity index (χ1) is 7.12. The van der Waals surface area contributed by atoms with E-state index >= 15 is 0 Å². The van der Waals surface area contributed by atoms with Crippen LogP contribution in [-0.4, -0.2) is 55.8 Å². The van der Waals surface area contributed by atoms with E-state index in [1.165, 1.54) is 45.4 Å². The van der Waals surface area contributed by atoms with Gasteiger partial charge in [0.05, 0.1) is 0 Å². The van der Waals surface area contributed by atoms with Gasteiger partial charge < -0.3 is 9.80 Å². The lowest BCUT2D eigenvalue weighted by atomic mass is 10.1. The number of hydrogen-bond donors (Lipinski definition) is 1. The highest BCUT2D eigenvalue weighted by Crippen LogP contribution is 2.46. The molecule has 0 aliphatic heterocycles. The van der Waals surface area contributed by atoms with Crippen LogP contribution in [-0.2, 0) is 0 Å². The Morgan fingerprint density at radius 1 is 1.20 bits per heavy atom. The molecule has 0 atom stereocenters. The Bertz CT molecular complexity index is 178. The molecule has 0 spiro atoms. The maximum absolute atomic E-state index is 4.47. The predicted octanol–water partition coefficient (Wildman–Crippen LogP) is 1.97. The van der Waals surface area contributed by atoms with Crippen molar-refractivity contribution in [2.75, 3.05) is 46.0 Å². The highest BCUT2D eigenvalue weighted by Gasteiger charge is 2.41. The van der Waals surface area contributed by atoms with Gasteiger partial charge in [-0.25, -0.2) is 0 Å². The largest absolute Gasteiger partial charge is 0.309 e. The molecule has 0 heterocycles. The second kappa shape index (κ2) is 6.12. The highest BCUT2D eigenvalue weighted by molar-refractivity contribution is 7.80. The first-order valence-electron chi connectivity index (χ1n) is 6.10. The van der Waals surface area contributed by atoms with Gasteiger partial charge in [-0.3, -0.25) is 0 Å². The third kappa shape index (κ3) is 4.75. The lowest BCUT2D eigenvalue weighted by Crippen LogP contribution is -2.33. The van der Waals surface area contributed by atoms with Gasteiger partial charge in [0.2, 0.25) is 0 Å². The number of nitrogens with zero attached hydrogens (tertiary/aromatic N) is 2. The Morgan fingerprint density at radius 2 is 1.87 bits per heavy atom. The zero-order chi connectivity index (χ0) is 11.3. The molecule has 0 aromatic heterocycles. The number of hydrogen-bond acceptors (Lipinski definition) is 3. The quantitative estimate of drug-likeness (QED) is 0.637. The zero-order valence-electron chi connectivity index (χ0n) is 10.5. The van der Waals surface area contributed by atoms with Crippen LogP contribution >= 0.6 is 12.6 Å². The lowest BCUT2D eigenvalue weighted by molar-refractivity contribution is 0.228. The Hall–Kier alpha value is 0.270. The normalized spacial score (nSPS) is 18.8. The molecule has 1 rings (SSSR count). The minimum absolute atomic E-state index is 0.581. The molecule has 1 aliphatic carbocycles. The summed E-state index contributed by atoms with van der Waals surface area (Å²) >= 11 is 4.47. The summed E-state index contributed by atoms with van der Waals surface area (Å²) in [5, 5.41) is 0. The second-order valence-electron chi connectivity index (χ2n) is 5.18. The average molecular weight is 230 g/mol. The molecule has 15 heavy (non-hydrogen) atoms. The van der Waals surface area contributed by atoms with Crippen LogP contribution in [0.5, 0.6) is 0 Å². The van der Waals surface area contributed by atoms with Gasteiger partial charge in [-0.1, -0.05) is 6.92 Å². The molecule has 0 aromatic rings. The molecule has 1 aliphatic rings. The predicted molar refractivity (Wildman–Crippen MR) is 70.8 cm³/mol. The molecular weight excluding hydrogens is 204 g/mol. The molecule has 3 heteroatoms. The van der Waals surface area contributed by atoms with Gasteiger partial charge >= 0.3 is 0 Å². The van der Waals surface area contributed by atoms with Crippen molar-refractivity contribution >= 4 is 12.6 Å². The average Bonchev–Trinajstić information content (AvgIpc) is 2.96. The summed E-state index contributed by atoms with van der Waals surface area (Å²) in [7, 11) is 4.29. The van der Waals surface area contributed by atoms with E-state index in [4.69, 9.17) is 0 Å². The van der Waals surface area contributed by atoms with Crippen molar-refractivity contribution < 1.29 is 0 Å². The Morgan fingerprint density at radius 3 is 2.27 bits per heavy atom. The van der Waals surface area contributed by atoms with Crippen molar-refractivity contribution in [1.82, 2.24) is 9.80 Å². The third-order valence-electron chi connectivity index (χ3n) is 3.38. The molecular formula is C12H26N2S. The summed E-state index contributed by atoms with van der Waals surface area (Å²) < 4.78 is 0. The van der Waals surface area contributed by atoms with E-state index in [0.29, 0.717) is 5.41 Å². The number of rotatable bonds is 8. The molecule has 0 unspecified atom stereocenters. The summed E-state index contributed by atoms with van der Waals surface area (Å²) in [4.78, 5) is 4.85. The summed E-state index contributed by atoms with van der Waals surface area (Å²) in [5.41, 5.74) is 0.581. The molecule has 0 saturated heterocycles. The molecule has 0 amide bonds. The minimum Gasteiger partial charge on any atom is -0.309 e. The fourth-order valence-corrected chi connectivity index (χ4v) is 2.39. The monoisotopic (exact) mass is 230 g/mol. The second-order valence-corrected chi connectivity index (χ2v) is 5.50. The van der Waals surface area contributed by atoms with E-state index in [1.54, 1.807) is 0 Å². The molecule has 0 bridgehead atoms. The Kier molecular flexibility index (Phi) is 5.44. The molecule has 90 valence electrons. The third-order valence-corrected chi connectivity index (χ3v) is 4.05. The first kappa shape index (κ1) is 13.3. The van der Waals surface area contributed by atoms with Gasteiger partial charge in [0.15, 0.2) is 0 Å². The SMILES string of the molecule is CCN(CCCN(C)C)CC1(CS)CC1. The van der Waals surface area contributed by atoms with Crippen molar-refractivity contribution in [2.24, 2.45) is 5.41 Å². The smallest absolute Gasteiger partial charge is 0.00457 e. The lowest BCUT2D eigenvalue weighted by Gasteiger charge is -2.25. The van der Waals surface area contributed by atoms with Gasteiger partial charge in [-0.2, -0.15) is 12.6 Å². The Labute approximate surface area is 100 Å². The van der Waals surface area contributed by atoms with Crippen LogP contribution in [0.15, 0.2) is 0 Å². The summed E-state index contributed by atoms with van der Waals surface area (Å²) in [6.07, 6.45) is 4.06. The molecule has 0 radical (unpaired) electrons. The van der Waals surface area contributed by atoms with E-state index in [-0.39, 0.29) is 0 Å². The van der Waals surface area contributed by atoms with Crippen LogP contribution in [0, 0.1) is 5.41 Å². The fraction of sp³-hybridized carbons (Fsp3) is 1.00. The van der Waals surface area contributed by atoms with Gasteiger partial charge in [0, 0.05) is 6.54 Å². The summed E-state index contributed by atoms with van der Waals surface area (Å²) in [6.45, 7) is 7.15. The van der Waals surface area contributed by atoms with E-state index in [0.717, 1.165) is 5.75 Å². The van der Waals surface area contributed by atoms with Crippen molar-refractivity contribution in [2.45, 2.75) is 26.2 Å². The highest BCUT2D eigenvalue weighted by atomic mass is 32.1. The van der Waals surface area contributed by atoms with Crippen molar-refractivity contribution in [3.8, 4) is 0 Å². The van der Waals surface area contributed by atoms with Crippen LogP contribution in [0.2, 0.25) is 0 Å². The maximum Gasteiger partial charge on any atom is 0.00457 e. The standard InChI is InChI=1S/C12H26N2S/c1-4-14(9-5-8-13(2)3)10-12(11-15)6-7-12/h15H,4-11H2,1-3H3. The first-order valence-corrected chi connectivity index (χ1v) is 6.73. The molecule has 0 N–H and O–H groups in total. The van der Waals surface area contributed by atoms with Crippen LogP contribution in [0.3, 0.4) is 0 Å². The maximum atomic E-state index is 4.47. The molecule has 1 fully saturated rings. The van der Waals surface area contributed by atoms with Crippen molar-refractivity contribution in [3.05, 3.63) is 0 Å². The molecule has 0 aromatic carbocycles. The fourth-order valence-electron chi connectivity index (χ4n) is 1.98. The summed E-state index contributed by atoms with van der Waals surface area (Å²) in [6, 6.07) is 0. The van der Waals surface area contributed by atoms with E-state index in [2.05, 4.69) is 43.4 Å². The van der Waals surface area contributed by atoms with Gasteiger partial charge in [0.1, 0.15) is 0 Å². The van der Waals surface area contributed by atoms with Crippen LogP contribution < -0.4 is 0 Å². The van der Waals surface area contributed by atoms with Gasteiger partial charge in [-0.15, -0.1) is 0 Å².